The van der Waals surface area contributed by atoms with Crippen LogP contribution in [0.15, 0.2) is 12.1 Å². The molecule has 0 spiro atoms. The van der Waals surface area contributed by atoms with Crippen molar-refractivity contribution in [2.45, 2.75) is 26.7 Å². The topological polar surface area (TPSA) is 66.8 Å². The minimum absolute atomic E-state index is 0.00319. The zero-order valence-corrected chi connectivity index (χ0v) is 8.78. The van der Waals surface area contributed by atoms with E-state index in [1.165, 1.54) is 6.07 Å². The van der Waals surface area contributed by atoms with Gasteiger partial charge in [-0.15, -0.1) is 0 Å². The maximum Gasteiger partial charge on any atom is 0.511 e. The summed E-state index contributed by atoms with van der Waals surface area (Å²) in [7, 11) is 0. The van der Waals surface area contributed by atoms with Gasteiger partial charge in [0.2, 0.25) is 0 Å². The van der Waals surface area contributed by atoms with Crippen LogP contribution < -0.4 is 4.74 Å². The molecule has 0 heterocycles. The van der Waals surface area contributed by atoms with E-state index in [0.29, 0.717) is 0 Å². The van der Waals surface area contributed by atoms with E-state index in [4.69, 9.17) is 5.11 Å². The first kappa shape index (κ1) is 11.4. The lowest BCUT2D eigenvalue weighted by Crippen LogP contribution is -2.04. The van der Waals surface area contributed by atoms with Crippen LogP contribution in [0.3, 0.4) is 0 Å². The highest BCUT2D eigenvalue weighted by atomic mass is 16.7. The molecule has 0 aliphatic rings. The zero-order valence-electron chi connectivity index (χ0n) is 8.78. The highest BCUT2D eigenvalue weighted by molar-refractivity contribution is 5.63. The molecule has 0 saturated carbocycles. The molecule has 0 bridgehead atoms. The fraction of sp³-hybridized carbons (Fsp3) is 0.364. The number of hydrogen-bond donors (Lipinski definition) is 2. The van der Waals surface area contributed by atoms with E-state index < -0.39 is 6.16 Å². The molecule has 0 aliphatic carbocycles. The van der Waals surface area contributed by atoms with Gasteiger partial charge in [-0.05, 0) is 36.6 Å². The molecule has 4 nitrogen and oxygen atoms in total. The van der Waals surface area contributed by atoms with E-state index in [0.717, 1.165) is 24.0 Å². The molecule has 0 unspecified atom stereocenters. The molecule has 0 aromatic heterocycles. The maximum atomic E-state index is 10.3. The molecular weight excluding hydrogens is 196 g/mol. The predicted octanol–water partition coefficient (Wildman–Crippen LogP) is 2.71. The molecule has 0 amide bonds. The molecule has 1 aromatic rings. The molecular formula is C11H14O4. The number of carboxylic acid groups (broad SMARTS) is 1. The van der Waals surface area contributed by atoms with E-state index in [1.54, 1.807) is 6.07 Å². The van der Waals surface area contributed by atoms with Gasteiger partial charge in [0.25, 0.3) is 0 Å². The van der Waals surface area contributed by atoms with Crippen molar-refractivity contribution in [3.8, 4) is 11.5 Å². The number of hydrogen-bond acceptors (Lipinski definition) is 3. The predicted molar refractivity (Wildman–Crippen MR) is 55.5 cm³/mol. The molecule has 0 fully saturated rings. The first-order valence-electron chi connectivity index (χ1n) is 4.77. The van der Waals surface area contributed by atoms with Crippen molar-refractivity contribution in [3.63, 3.8) is 0 Å². The normalized spacial score (nSPS) is 10.0. The summed E-state index contributed by atoms with van der Waals surface area (Å²) in [5.74, 6) is -0.147. The highest BCUT2D eigenvalue weighted by Crippen LogP contribution is 2.30. The van der Waals surface area contributed by atoms with Gasteiger partial charge in [0, 0.05) is 0 Å². The van der Waals surface area contributed by atoms with E-state index in [9.17, 15) is 9.90 Å². The molecule has 15 heavy (non-hydrogen) atoms. The van der Waals surface area contributed by atoms with Gasteiger partial charge < -0.3 is 14.9 Å². The Labute approximate surface area is 88.1 Å². The van der Waals surface area contributed by atoms with Crippen LogP contribution >= 0.6 is 0 Å². The van der Waals surface area contributed by atoms with Crippen LogP contribution in [-0.4, -0.2) is 16.4 Å². The minimum Gasteiger partial charge on any atom is -0.504 e. The van der Waals surface area contributed by atoms with Crippen LogP contribution in [0.2, 0.25) is 0 Å². The summed E-state index contributed by atoms with van der Waals surface area (Å²) in [6, 6.07) is 3.09. The number of aromatic hydroxyl groups is 1. The van der Waals surface area contributed by atoms with E-state index in [-0.39, 0.29) is 11.5 Å². The molecule has 0 radical (unpaired) electrons. The first-order chi connectivity index (χ1) is 7.04. The monoisotopic (exact) mass is 210 g/mol. The summed E-state index contributed by atoms with van der Waals surface area (Å²) in [5, 5.41) is 17.9. The second-order valence-electron chi connectivity index (χ2n) is 3.36. The van der Waals surface area contributed by atoms with Crippen LogP contribution in [0.5, 0.6) is 11.5 Å². The molecule has 82 valence electrons. The number of ether oxygens (including phenoxy) is 1. The first-order valence-corrected chi connectivity index (χ1v) is 4.77. The van der Waals surface area contributed by atoms with Crippen LogP contribution in [-0.2, 0) is 6.42 Å². The minimum atomic E-state index is -1.42. The van der Waals surface area contributed by atoms with Gasteiger partial charge in [-0.2, -0.15) is 0 Å². The Kier molecular flexibility index (Phi) is 3.55. The summed E-state index contributed by atoms with van der Waals surface area (Å²) < 4.78 is 4.45. The highest BCUT2D eigenvalue weighted by Gasteiger charge is 2.10. The number of phenols is 1. The van der Waals surface area contributed by atoms with Crippen molar-refractivity contribution in [2.75, 3.05) is 0 Å². The van der Waals surface area contributed by atoms with E-state index >= 15 is 0 Å². The van der Waals surface area contributed by atoms with Crippen LogP contribution in [0.1, 0.15) is 24.5 Å². The SMILES string of the molecule is CCCc1cc(OC(=O)O)c(O)cc1C. The number of carbonyl (C=O) groups is 1. The molecule has 4 heteroatoms. The summed E-state index contributed by atoms with van der Waals surface area (Å²) in [5.41, 5.74) is 1.93. The quantitative estimate of drug-likeness (QED) is 0.594. The Morgan fingerprint density at radius 1 is 1.47 bits per heavy atom. The molecule has 1 rings (SSSR count). The van der Waals surface area contributed by atoms with Crippen LogP contribution in [0.4, 0.5) is 4.79 Å². The average Bonchev–Trinajstić information content (AvgIpc) is 2.12. The Balaban J connectivity index is 3.05. The average molecular weight is 210 g/mol. The molecule has 1 aromatic carbocycles. The summed E-state index contributed by atoms with van der Waals surface area (Å²) in [6.07, 6.45) is 0.372. The standard InChI is InChI=1S/C11H14O4/c1-3-4-8-6-10(15-11(13)14)9(12)5-7(8)2/h5-6,12H,3-4H2,1-2H3,(H,13,14). The Morgan fingerprint density at radius 3 is 2.67 bits per heavy atom. The summed E-state index contributed by atoms with van der Waals surface area (Å²) in [4.78, 5) is 10.3. The molecule has 2 N–H and O–H groups in total. The Hall–Kier alpha value is -1.71. The smallest absolute Gasteiger partial charge is 0.504 e. The van der Waals surface area contributed by atoms with E-state index in [1.807, 2.05) is 13.8 Å². The third-order valence-electron chi connectivity index (χ3n) is 2.13. The van der Waals surface area contributed by atoms with Crippen LogP contribution in [0.25, 0.3) is 0 Å². The lowest BCUT2D eigenvalue weighted by atomic mass is 10.0. The van der Waals surface area contributed by atoms with Gasteiger partial charge >= 0.3 is 6.16 Å². The zero-order chi connectivity index (χ0) is 11.4. The Bertz CT molecular complexity index is 371. The number of phenolic OH excluding ortho intramolecular Hbond substituents is 1. The fourth-order valence-corrected chi connectivity index (χ4v) is 1.43. The lowest BCUT2D eigenvalue weighted by molar-refractivity contribution is 0.143. The lowest BCUT2D eigenvalue weighted by Gasteiger charge is -2.09. The van der Waals surface area contributed by atoms with E-state index in [2.05, 4.69) is 4.74 Å². The van der Waals surface area contributed by atoms with Crippen molar-refractivity contribution in [1.29, 1.82) is 0 Å². The van der Waals surface area contributed by atoms with Crippen LogP contribution in [0, 0.1) is 6.92 Å². The second-order valence-corrected chi connectivity index (χ2v) is 3.36. The van der Waals surface area contributed by atoms with Gasteiger partial charge in [-0.25, -0.2) is 4.79 Å². The van der Waals surface area contributed by atoms with Crippen molar-refractivity contribution < 1.29 is 19.7 Å². The third kappa shape index (κ3) is 2.87. The van der Waals surface area contributed by atoms with Gasteiger partial charge in [-0.3, -0.25) is 0 Å². The third-order valence-corrected chi connectivity index (χ3v) is 2.13. The largest absolute Gasteiger partial charge is 0.511 e. The summed E-state index contributed by atoms with van der Waals surface area (Å²) >= 11 is 0. The van der Waals surface area contributed by atoms with Gasteiger partial charge in [0.05, 0.1) is 0 Å². The van der Waals surface area contributed by atoms with Crippen molar-refractivity contribution in [2.24, 2.45) is 0 Å². The van der Waals surface area contributed by atoms with Crippen molar-refractivity contribution >= 4 is 6.16 Å². The fourth-order valence-electron chi connectivity index (χ4n) is 1.43. The van der Waals surface area contributed by atoms with Crippen molar-refractivity contribution in [3.05, 3.63) is 23.3 Å². The van der Waals surface area contributed by atoms with Gasteiger partial charge in [0.15, 0.2) is 11.5 Å². The second kappa shape index (κ2) is 4.68. The van der Waals surface area contributed by atoms with Crippen molar-refractivity contribution in [1.82, 2.24) is 0 Å². The molecule has 0 saturated heterocycles. The number of aryl methyl sites for hydroxylation is 2. The van der Waals surface area contributed by atoms with Gasteiger partial charge in [-0.1, -0.05) is 13.3 Å². The maximum absolute atomic E-state index is 10.3. The Morgan fingerprint density at radius 2 is 2.13 bits per heavy atom. The summed E-state index contributed by atoms with van der Waals surface area (Å²) in [6.45, 7) is 3.90. The molecule has 0 atom stereocenters. The number of rotatable bonds is 3. The molecule has 0 aliphatic heterocycles. The number of benzene rings is 1. The van der Waals surface area contributed by atoms with Gasteiger partial charge in [0.1, 0.15) is 0 Å².